The quantitative estimate of drug-likeness (QED) is 0.871. The van der Waals surface area contributed by atoms with Gasteiger partial charge in [0.05, 0.1) is 19.8 Å². The van der Waals surface area contributed by atoms with Gasteiger partial charge in [-0.25, -0.2) is 9.97 Å². The lowest BCUT2D eigenvalue weighted by Gasteiger charge is -2.28. The summed E-state index contributed by atoms with van der Waals surface area (Å²) in [4.78, 5) is 22.6. The molecular formula is C14H22N4O2. The van der Waals surface area contributed by atoms with Crippen LogP contribution in [0, 0.1) is 6.92 Å². The third-order valence-corrected chi connectivity index (χ3v) is 3.14. The highest BCUT2D eigenvalue weighted by molar-refractivity contribution is 5.75. The Morgan fingerprint density at radius 3 is 2.85 bits per heavy atom. The summed E-state index contributed by atoms with van der Waals surface area (Å²) in [5, 5.41) is 2.85. The van der Waals surface area contributed by atoms with Crippen LogP contribution in [0.25, 0.3) is 0 Å². The molecule has 0 aromatic carbocycles. The van der Waals surface area contributed by atoms with Gasteiger partial charge in [-0.15, -0.1) is 0 Å². The fourth-order valence-corrected chi connectivity index (χ4v) is 2.14. The van der Waals surface area contributed by atoms with E-state index in [0.717, 1.165) is 44.2 Å². The number of rotatable bonds is 5. The van der Waals surface area contributed by atoms with Gasteiger partial charge in [-0.05, 0) is 13.3 Å². The molecule has 0 atom stereocenters. The van der Waals surface area contributed by atoms with Gasteiger partial charge in [0, 0.05) is 31.3 Å². The van der Waals surface area contributed by atoms with E-state index < -0.39 is 0 Å². The monoisotopic (exact) mass is 278 g/mol. The number of nitrogens with zero attached hydrogens (tertiary/aromatic N) is 3. The summed E-state index contributed by atoms with van der Waals surface area (Å²) in [5.74, 6) is 1.63. The highest BCUT2D eigenvalue weighted by Crippen LogP contribution is 2.14. The first-order valence-electron chi connectivity index (χ1n) is 7.13. The normalized spacial score (nSPS) is 15.2. The molecule has 2 heterocycles. The molecular weight excluding hydrogens is 256 g/mol. The molecule has 0 bridgehead atoms. The third-order valence-electron chi connectivity index (χ3n) is 3.14. The minimum Gasteiger partial charge on any atom is -0.378 e. The fraction of sp³-hybridized carbons (Fsp3) is 0.643. The Morgan fingerprint density at radius 2 is 2.15 bits per heavy atom. The molecule has 1 fully saturated rings. The molecule has 1 aromatic heterocycles. The number of carbonyl (C=O) groups is 1. The Labute approximate surface area is 119 Å². The van der Waals surface area contributed by atoms with Gasteiger partial charge in [-0.3, -0.25) is 4.79 Å². The number of nitrogens with one attached hydrogen (secondary N) is 1. The number of ether oxygens (including phenoxy) is 1. The Morgan fingerprint density at radius 1 is 1.40 bits per heavy atom. The van der Waals surface area contributed by atoms with Crippen molar-refractivity contribution in [1.82, 2.24) is 15.3 Å². The molecule has 0 unspecified atom stereocenters. The Hall–Kier alpha value is -1.69. The summed E-state index contributed by atoms with van der Waals surface area (Å²) in [7, 11) is 0. The molecule has 0 spiro atoms. The zero-order valence-corrected chi connectivity index (χ0v) is 12.2. The van der Waals surface area contributed by atoms with Gasteiger partial charge in [-0.1, -0.05) is 6.92 Å². The number of morpholine rings is 1. The lowest BCUT2D eigenvalue weighted by Crippen LogP contribution is -2.37. The van der Waals surface area contributed by atoms with Crippen LogP contribution in [0.3, 0.4) is 0 Å². The SMILES string of the molecule is CCCC(=O)NCc1nc(C)cc(N2CCOCC2)n1. The van der Waals surface area contributed by atoms with E-state index in [2.05, 4.69) is 20.2 Å². The van der Waals surface area contributed by atoms with E-state index in [-0.39, 0.29) is 5.91 Å². The largest absolute Gasteiger partial charge is 0.378 e. The van der Waals surface area contributed by atoms with Crippen molar-refractivity contribution in [3.05, 3.63) is 17.6 Å². The van der Waals surface area contributed by atoms with Gasteiger partial charge in [0.15, 0.2) is 0 Å². The smallest absolute Gasteiger partial charge is 0.220 e. The van der Waals surface area contributed by atoms with Gasteiger partial charge in [0.2, 0.25) is 5.91 Å². The van der Waals surface area contributed by atoms with Crippen LogP contribution in [0.4, 0.5) is 5.82 Å². The number of hydrogen-bond acceptors (Lipinski definition) is 5. The molecule has 0 radical (unpaired) electrons. The molecule has 1 aliphatic heterocycles. The van der Waals surface area contributed by atoms with Crippen molar-refractivity contribution in [2.24, 2.45) is 0 Å². The van der Waals surface area contributed by atoms with Crippen LogP contribution in [-0.4, -0.2) is 42.2 Å². The third kappa shape index (κ3) is 4.16. The average Bonchev–Trinajstić information content (AvgIpc) is 2.46. The Kier molecular flexibility index (Phi) is 5.29. The first-order chi connectivity index (χ1) is 9.69. The summed E-state index contributed by atoms with van der Waals surface area (Å²) in [6.07, 6.45) is 1.39. The van der Waals surface area contributed by atoms with Crippen LogP contribution in [0.15, 0.2) is 6.07 Å². The Bertz CT molecular complexity index is 458. The molecule has 0 aliphatic carbocycles. The van der Waals surface area contributed by atoms with Crippen LogP contribution in [0.5, 0.6) is 0 Å². The van der Waals surface area contributed by atoms with Crippen molar-refractivity contribution in [2.45, 2.75) is 33.2 Å². The number of amides is 1. The number of aryl methyl sites for hydroxylation is 1. The highest BCUT2D eigenvalue weighted by Gasteiger charge is 2.14. The van der Waals surface area contributed by atoms with Crippen molar-refractivity contribution in [1.29, 1.82) is 0 Å². The highest BCUT2D eigenvalue weighted by atomic mass is 16.5. The summed E-state index contributed by atoms with van der Waals surface area (Å²) in [6.45, 7) is 7.47. The molecule has 1 N–H and O–H groups in total. The van der Waals surface area contributed by atoms with Crippen LogP contribution >= 0.6 is 0 Å². The van der Waals surface area contributed by atoms with Crippen molar-refractivity contribution < 1.29 is 9.53 Å². The van der Waals surface area contributed by atoms with Gasteiger partial charge >= 0.3 is 0 Å². The van der Waals surface area contributed by atoms with E-state index in [9.17, 15) is 4.79 Å². The van der Waals surface area contributed by atoms with E-state index in [1.165, 1.54) is 0 Å². The predicted octanol–water partition coefficient (Wildman–Crippen LogP) is 1.04. The van der Waals surface area contributed by atoms with Gasteiger partial charge < -0.3 is 15.0 Å². The maximum atomic E-state index is 11.5. The van der Waals surface area contributed by atoms with Crippen LogP contribution in [0.2, 0.25) is 0 Å². The summed E-state index contributed by atoms with van der Waals surface area (Å²) >= 11 is 0. The van der Waals surface area contributed by atoms with Crippen LogP contribution < -0.4 is 10.2 Å². The molecule has 1 aliphatic rings. The van der Waals surface area contributed by atoms with Crippen molar-refractivity contribution in [3.63, 3.8) is 0 Å². The molecule has 1 saturated heterocycles. The predicted molar refractivity (Wildman–Crippen MR) is 76.6 cm³/mol. The second-order valence-electron chi connectivity index (χ2n) is 4.91. The lowest BCUT2D eigenvalue weighted by molar-refractivity contribution is -0.121. The van der Waals surface area contributed by atoms with Gasteiger partial charge in [-0.2, -0.15) is 0 Å². The topological polar surface area (TPSA) is 67.4 Å². The molecule has 1 aromatic rings. The fourth-order valence-electron chi connectivity index (χ4n) is 2.14. The van der Waals surface area contributed by atoms with Gasteiger partial charge in [0.25, 0.3) is 0 Å². The molecule has 0 saturated carbocycles. The van der Waals surface area contributed by atoms with Gasteiger partial charge in [0.1, 0.15) is 11.6 Å². The number of hydrogen-bond donors (Lipinski definition) is 1. The van der Waals surface area contributed by atoms with E-state index in [1.54, 1.807) is 0 Å². The molecule has 20 heavy (non-hydrogen) atoms. The maximum absolute atomic E-state index is 11.5. The van der Waals surface area contributed by atoms with Crippen molar-refractivity contribution >= 4 is 11.7 Å². The second kappa shape index (κ2) is 7.19. The number of anilines is 1. The maximum Gasteiger partial charge on any atom is 0.220 e. The zero-order valence-electron chi connectivity index (χ0n) is 12.2. The Balaban J connectivity index is 2.02. The molecule has 6 nitrogen and oxygen atoms in total. The average molecular weight is 278 g/mol. The lowest BCUT2D eigenvalue weighted by atomic mass is 10.3. The van der Waals surface area contributed by atoms with E-state index in [1.807, 2.05) is 19.9 Å². The van der Waals surface area contributed by atoms with Crippen molar-refractivity contribution in [3.8, 4) is 0 Å². The van der Waals surface area contributed by atoms with Crippen LogP contribution in [-0.2, 0) is 16.1 Å². The molecule has 1 amide bonds. The number of carbonyl (C=O) groups excluding carboxylic acids is 1. The summed E-state index contributed by atoms with van der Waals surface area (Å²) < 4.78 is 5.35. The van der Waals surface area contributed by atoms with E-state index >= 15 is 0 Å². The summed E-state index contributed by atoms with van der Waals surface area (Å²) in [6, 6.07) is 1.97. The van der Waals surface area contributed by atoms with Crippen molar-refractivity contribution in [2.75, 3.05) is 31.2 Å². The minimum atomic E-state index is 0.0468. The van der Waals surface area contributed by atoms with E-state index in [4.69, 9.17) is 4.74 Å². The first kappa shape index (κ1) is 14.7. The molecule has 6 heteroatoms. The number of aromatic nitrogens is 2. The molecule has 110 valence electrons. The van der Waals surface area contributed by atoms with Crippen LogP contribution in [0.1, 0.15) is 31.3 Å². The minimum absolute atomic E-state index is 0.0468. The second-order valence-corrected chi connectivity index (χ2v) is 4.91. The molecule has 2 rings (SSSR count). The summed E-state index contributed by atoms with van der Waals surface area (Å²) in [5.41, 5.74) is 0.918. The zero-order chi connectivity index (χ0) is 14.4. The van der Waals surface area contributed by atoms with E-state index in [0.29, 0.717) is 18.8 Å². The first-order valence-corrected chi connectivity index (χ1v) is 7.13. The standard InChI is InChI=1S/C14H22N4O2/c1-3-4-14(19)15-10-12-16-11(2)9-13(17-12)18-5-7-20-8-6-18/h9H,3-8,10H2,1-2H3,(H,15,19).